The normalized spacial score (nSPS) is 11.3. The van der Waals surface area contributed by atoms with Gasteiger partial charge in [-0.05, 0) is 30.2 Å². The van der Waals surface area contributed by atoms with Crippen LogP contribution in [0.2, 0.25) is 5.02 Å². The van der Waals surface area contributed by atoms with Gasteiger partial charge in [-0.1, -0.05) is 41.9 Å². The Morgan fingerprint density at radius 1 is 1.18 bits per heavy atom. The molecule has 142 valence electrons. The van der Waals surface area contributed by atoms with Crippen molar-refractivity contribution in [1.29, 1.82) is 5.26 Å². The molecular formula is C20H13ClF3N3O. The lowest BCUT2D eigenvalue weighted by Gasteiger charge is -2.17. The van der Waals surface area contributed by atoms with Crippen molar-refractivity contribution in [2.45, 2.75) is 19.6 Å². The van der Waals surface area contributed by atoms with Gasteiger partial charge in [0.1, 0.15) is 17.5 Å². The summed E-state index contributed by atoms with van der Waals surface area (Å²) in [5, 5.41) is 8.60. The van der Waals surface area contributed by atoms with E-state index in [9.17, 15) is 18.0 Å². The lowest BCUT2D eigenvalue weighted by Crippen LogP contribution is -2.19. The minimum absolute atomic E-state index is 0.0355. The maximum absolute atomic E-state index is 13.2. The summed E-state index contributed by atoms with van der Waals surface area (Å²) in [6.07, 6.45) is -3.37. The highest BCUT2D eigenvalue weighted by Crippen LogP contribution is 2.39. The number of benzene rings is 2. The van der Waals surface area contributed by atoms with Gasteiger partial charge in [-0.3, -0.25) is 4.79 Å². The van der Waals surface area contributed by atoms with Crippen LogP contribution in [0, 0.1) is 18.3 Å². The molecule has 0 unspecified atom stereocenters. The molecular weight excluding hydrogens is 391 g/mol. The number of nitriles is 1. The summed E-state index contributed by atoms with van der Waals surface area (Å²) < 4.78 is 41.1. The second kappa shape index (κ2) is 7.49. The van der Waals surface area contributed by atoms with Crippen LogP contribution in [-0.2, 0) is 12.7 Å². The molecule has 1 aromatic heterocycles. The van der Waals surface area contributed by atoms with Crippen LogP contribution in [0.5, 0.6) is 0 Å². The highest BCUT2D eigenvalue weighted by Gasteiger charge is 2.34. The zero-order valence-corrected chi connectivity index (χ0v) is 15.3. The van der Waals surface area contributed by atoms with E-state index in [0.717, 1.165) is 17.2 Å². The van der Waals surface area contributed by atoms with Gasteiger partial charge in [0, 0.05) is 18.3 Å². The molecule has 3 rings (SSSR count). The first kappa shape index (κ1) is 19.6. The van der Waals surface area contributed by atoms with Crippen molar-refractivity contribution in [3.8, 4) is 17.5 Å². The standard InChI is InChI=1S/C20H13ClF3N3O/c1-12-5-2-3-6-13(12)10-27-11-14(9-25)19(28)26-18(27)15-7-4-8-16(17(15)21)20(22,23)24/h2-8,11H,10H2,1H3. The van der Waals surface area contributed by atoms with Crippen molar-refractivity contribution in [3.05, 3.63) is 86.3 Å². The van der Waals surface area contributed by atoms with E-state index in [0.29, 0.717) is 0 Å². The van der Waals surface area contributed by atoms with E-state index in [1.54, 1.807) is 6.07 Å². The number of halogens is 4. The van der Waals surface area contributed by atoms with Crippen LogP contribution < -0.4 is 5.56 Å². The molecule has 0 aliphatic heterocycles. The van der Waals surface area contributed by atoms with E-state index in [4.69, 9.17) is 16.9 Å². The lowest BCUT2D eigenvalue weighted by atomic mass is 10.1. The monoisotopic (exact) mass is 403 g/mol. The molecule has 0 N–H and O–H groups in total. The van der Waals surface area contributed by atoms with Crippen molar-refractivity contribution in [1.82, 2.24) is 9.55 Å². The fourth-order valence-corrected chi connectivity index (χ4v) is 3.12. The van der Waals surface area contributed by atoms with Crippen molar-refractivity contribution < 1.29 is 13.2 Å². The summed E-state index contributed by atoms with van der Waals surface area (Å²) in [5.74, 6) is -0.0386. The third-order valence-corrected chi connectivity index (χ3v) is 4.67. The molecule has 0 saturated heterocycles. The van der Waals surface area contributed by atoms with Gasteiger partial charge in [0.25, 0.3) is 5.56 Å². The highest BCUT2D eigenvalue weighted by molar-refractivity contribution is 6.34. The van der Waals surface area contributed by atoms with E-state index < -0.39 is 22.3 Å². The highest BCUT2D eigenvalue weighted by atomic mass is 35.5. The molecule has 1 heterocycles. The molecule has 0 aliphatic rings. The van der Waals surface area contributed by atoms with Gasteiger partial charge in [0.05, 0.1) is 10.6 Å². The number of aromatic nitrogens is 2. The van der Waals surface area contributed by atoms with Crippen LogP contribution >= 0.6 is 11.6 Å². The average molecular weight is 404 g/mol. The molecule has 2 aromatic carbocycles. The fourth-order valence-electron chi connectivity index (χ4n) is 2.80. The molecule has 0 radical (unpaired) electrons. The van der Waals surface area contributed by atoms with Crippen LogP contribution in [0.15, 0.2) is 53.5 Å². The summed E-state index contributed by atoms with van der Waals surface area (Å²) >= 11 is 6.02. The Morgan fingerprint density at radius 2 is 1.89 bits per heavy atom. The molecule has 28 heavy (non-hydrogen) atoms. The Morgan fingerprint density at radius 3 is 2.54 bits per heavy atom. The maximum atomic E-state index is 13.2. The van der Waals surface area contributed by atoms with E-state index in [2.05, 4.69) is 4.98 Å². The Hall–Kier alpha value is -3.11. The first-order chi connectivity index (χ1) is 13.2. The number of hydrogen-bond donors (Lipinski definition) is 0. The Kier molecular flexibility index (Phi) is 5.25. The summed E-state index contributed by atoms with van der Waals surface area (Å²) in [4.78, 5) is 16.0. The Bertz CT molecular complexity index is 1150. The predicted octanol–water partition coefficient (Wildman–Crippen LogP) is 4.81. The summed E-state index contributed by atoms with van der Waals surface area (Å²) in [7, 11) is 0. The lowest BCUT2D eigenvalue weighted by molar-refractivity contribution is -0.137. The first-order valence-corrected chi connectivity index (χ1v) is 8.52. The molecule has 0 saturated carbocycles. The predicted molar refractivity (Wildman–Crippen MR) is 98.9 cm³/mol. The SMILES string of the molecule is Cc1ccccc1Cn1cc(C#N)c(=O)nc1-c1cccc(C(F)(F)F)c1Cl. The molecule has 4 nitrogen and oxygen atoms in total. The smallest absolute Gasteiger partial charge is 0.326 e. The van der Waals surface area contributed by atoms with Gasteiger partial charge < -0.3 is 4.57 Å². The van der Waals surface area contributed by atoms with Crippen molar-refractivity contribution in [3.63, 3.8) is 0 Å². The van der Waals surface area contributed by atoms with E-state index >= 15 is 0 Å². The summed E-state index contributed by atoms with van der Waals surface area (Å²) in [6.45, 7) is 2.09. The quantitative estimate of drug-likeness (QED) is 0.630. The van der Waals surface area contributed by atoms with Gasteiger partial charge in [-0.25, -0.2) is 0 Å². The number of rotatable bonds is 3. The number of hydrogen-bond acceptors (Lipinski definition) is 3. The first-order valence-electron chi connectivity index (χ1n) is 8.14. The Balaban J connectivity index is 2.25. The fraction of sp³-hybridized carbons (Fsp3) is 0.150. The van der Waals surface area contributed by atoms with Gasteiger partial charge in [-0.2, -0.15) is 23.4 Å². The third-order valence-electron chi connectivity index (χ3n) is 4.26. The van der Waals surface area contributed by atoms with Gasteiger partial charge >= 0.3 is 6.18 Å². The molecule has 0 atom stereocenters. The second-order valence-electron chi connectivity index (χ2n) is 6.11. The molecule has 8 heteroatoms. The molecule has 0 fully saturated rings. The van der Waals surface area contributed by atoms with Gasteiger partial charge in [0.15, 0.2) is 0 Å². The van der Waals surface area contributed by atoms with E-state index in [1.165, 1.54) is 22.9 Å². The van der Waals surface area contributed by atoms with Crippen LogP contribution in [-0.4, -0.2) is 9.55 Å². The topological polar surface area (TPSA) is 58.7 Å². The third kappa shape index (κ3) is 3.78. The van der Waals surface area contributed by atoms with Gasteiger partial charge in [0.2, 0.25) is 0 Å². The maximum Gasteiger partial charge on any atom is 0.417 e. The van der Waals surface area contributed by atoms with Crippen molar-refractivity contribution >= 4 is 11.6 Å². The average Bonchev–Trinajstić information content (AvgIpc) is 2.64. The number of alkyl halides is 3. The minimum Gasteiger partial charge on any atom is -0.326 e. The summed E-state index contributed by atoms with van der Waals surface area (Å²) in [5.41, 5.74) is -0.284. The zero-order chi connectivity index (χ0) is 20.5. The second-order valence-corrected chi connectivity index (χ2v) is 6.49. The molecule has 3 aromatic rings. The van der Waals surface area contributed by atoms with Crippen LogP contribution in [0.25, 0.3) is 11.4 Å². The molecule has 0 aliphatic carbocycles. The summed E-state index contributed by atoms with van der Waals surface area (Å²) in [6, 6.07) is 12.6. The minimum atomic E-state index is -4.65. The van der Waals surface area contributed by atoms with Crippen LogP contribution in [0.1, 0.15) is 22.3 Å². The zero-order valence-electron chi connectivity index (χ0n) is 14.6. The largest absolute Gasteiger partial charge is 0.417 e. The Labute approximate surface area is 163 Å². The van der Waals surface area contributed by atoms with Gasteiger partial charge in [-0.15, -0.1) is 0 Å². The number of aryl methyl sites for hydroxylation is 1. The van der Waals surface area contributed by atoms with Crippen molar-refractivity contribution in [2.75, 3.05) is 0 Å². The van der Waals surface area contributed by atoms with Crippen molar-refractivity contribution in [2.24, 2.45) is 0 Å². The molecule has 0 spiro atoms. The van der Waals surface area contributed by atoms with Crippen LogP contribution in [0.4, 0.5) is 13.2 Å². The molecule has 0 amide bonds. The van der Waals surface area contributed by atoms with E-state index in [1.807, 2.05) is 31.2 Å². The van der Waals surface area contributed by atoms with E-state index in [-0.39, 0.29) is 23.5 Å². The van der Waals surface area contributed by atoms with Crippen LogP contribution in [0.3, 0.4) is 0 Å². The number of nitrogens with zero attached hydrogens (tertiary/aromatic N) is 3. The molecule has 0 bridgehead atoms.